The highest BCUT2D eigenvalue weighted by molar-refractivity contribution is 9.10. The van der Waals surface area contributed by atoms with Crippen LogP contribution in [-0.4, -0.2) is 33.2 Å². The van der Waals surface area contributed by atoms with Crippen molar-refractivity contribution in [2.75, 3.05) is 6.61 Å². The number of amides is 1. The molecule has 0 spiro atoms. The zero-order valence-corrected chi connectivity index (χ0v) is 16.0. The maximum Gasteiger partial charge on any atom is 0.223 e. The number of hydrogen-bond acceptors (Lipinski definition) is 3. The van der Waals surface area contributed by atoms with E-state index in [1.807, 2.05) is 56.3 Å². The fourth-order valence-corrected chi connectivity index (χ4v) is 2.82. The quantitative estimate of drug-likeness (QED) is 0.641. The molecule has 0 fully saturated rings. The summed E-state index contributed by atoms with van der Waals surface area (Å²) in [5.74, 6) is 0.950. The standard InChI is InChI=1S/C18H24BrN3O2/c1-14(2)22(13-15-11-20-21(3)12-15)18(23)9-6-10-24-17-8-5-4-7-16(17)19/h4-5,7-8,11-12,14H,6,9-10,13H2,1-3H3. The fraction of sp³-hybridized carbons (Fsp3) is 0.444. The van der Waals surface area contributed by atoms with Crippen LogP contribution in [-0.2, 0) is 18.4 Å². The van der Waals surface area contributed by atoms with E-state index in [0.29, 0.717) is 26.0 Å². The summed E-state index contributed by atoms with van der Waals surface area (Å²) in [6, 6.07) is 7.88. The van der Waals surface area contributed by atoms with Crippen molar-refractivity contribution in [2.45, 2.75) is 39.3 Å². The molecule has 0 aliphatic carbocycles. The highest BCUT2D eigenvalue weighted by Gasteiger charge is 2.17. The minimum absolute atomic E-state index is 0.143. The molecule has 5 nitrogen and oxygen atoms in total. The van der Waals surface area contributed by atoms with E-state index in [9.17, 15) is 4.79 Å². The predicted molar refractivity (Wildman–Crippen MR) is 97.8 cm³/mol. The first-order valence-corrected chi connectivity index (χ1v) is 8.91. The van der Waals surface area contributed by atoms with E-state index in [1.54, 1.807) is 10.9 Å². The second kappa shape index (κ2) is 8.87. The van der Waals surface area contributed by atoms with Gasteiger partial charge in [-0.3, -0.25) is 9.48 Å². The van der Waals surface area contributed by atoms with E-state index in [-0.39, 0.29) is 11.9 Å². The van der Waals surface area contributed by atoms with Gasteiger partial charge in [0.1, 0.15) is 5.75 Å². The molecular weight excluding hydrogens is 370 g/mol. The molecule has 0 unspecified atom stereocenters. The molecule has 0 saturated heterocycles. The van der Waals surface area contributed by atoms with Gasteiger partial charge in [-0.1, -0.05) is 12.1 Å². The van der Waals surface area contributed by atoms with Crippen LogP contribution in [0.1, 0.15) is 32.3 Å². The van der Waals surface area contributed by atoms with E-state index in [0.717, 1.165) is 15.8 Å². The summed E-state index contributed by atoms with van der Waals surface area (Å²) in [4.78, 5) is 14.4. The summed E-state index contributed by atoms with van der Waals surface area (Å²) in [5, 5.41) is 4.16. The lowest BCUT2D eigenvalue weighted by molar-refractivity contribution is -0.133. The number of nitrogens with zero attached hydrogens (tertiary/aromatic N) is 3. The van der Waals surface area contributed by atoms with Crippen LogP contribution in [0.25, 0.3) is 0 Å². The van der Waals surface area contributed by atoms with E-state index < -0.39 is 0 Å². The Balaban J connectivity index is 1.81. The van der Waals surface area contributed by atoms with Crippen molar-refractivity contribution < 1.29 is 9.53 Å². The molecule has 0 aliphatic rings. The van der Waals surface area contributed by atoms with E-state index in [2.05, 4.69) is 21.0 Å². The van der Waals surface area contributed by atoms with Gasteiger partial charge in [-0.15, -0.1) is 0 Å². The third-order valence-corrected chi connectivity index (χ3v) is 4.34. The molecule has 130 valence electrons. The van der Waals surface area contributed by atoms with Crippen LogP contribution in [0.2, 0.25) is 0 Å². The van der Waals surface area contributed by atoms with Crippen LogP contribution >= 0.6 is 15.9 Å². The van der Waals surface area contributed by atoms with Crippen LogP contribution in [0.5, 0.6) is 5.75 Å². The number of rotatable bonds is 8. The first kappa shape index (κ1) is 18.5. The Hall–Kier alpha value is -1.82. The molecule has 0 saturated carbocycles. The lowest BCUT2D eigenvalue weighted by atomic mass is 10.2. The SMILES string of the molecule is CC(C)N(Cc1cnn(C)c1)C(=O)CCCOc1ccccc1Br. The minimum atomic E-state index is 0.143. The van der Waals surface area contributed by atoms with Crippen LogP contribution in [0.15, 0.2) is 41.1 Å². The summed E-state index contributed by atoms with van der Waals surface area (Å²) in [5.41, 5.74) is 1.05. The summed E-state index contributed by atoms with van der Waals surface area (Å²) in [6.45, 7) is 5.18. The molecule has 2 aromatic rings. The Morgan fingerprint density at radius 3 is 2.75 bits per heavy atom. The van der Waals surface area contributed by atoms with Gasteiger partial charge in [-0.25, -0.2) is 0 Å². The summed E-state index contributed by atoms with van der Waals surface area (Å²) >= 11 is 3.45. The molecule has 1 aromatic carbocycles. The number of ether oxygens (including phenoxy) is 1. The third kappa shape index (κ3) is 5.37. The van der Waals surface area contributed by atoms with Crippen molar-refractivity contribution in [3.05, 3.63) is 46.7 Å². The first-order chi connectivity index (χ1) is 11.5. The van der Waals surface area contributed by atoms with Gasteiger partial charge in [0.25, 0.3) is 0 Å². The number of para-hydroxylation sites is 1. The maximum absolute atomic E-state index is 12.5. The van der Waals surface area contributed by atoms with Crippen molar-refractivity contribution in [3.63, 3.8) is 0 Å². The molecule has 2 rings (SSSR count). The predicted octanol–water partition coefficient (Wildman–Crippen LogP) is 3.78. The number of hydrogen-bond donors (Lipinski definition) is 0. The van der Waals surface area contributed by atoms with Crippen molar-refractivity contribution in [3.8, 4) is 5.75 Å². The molecule has 1 aromatic heterocycles. The van der Waals surface area contributed by atoms with Gasteiger partial charge in [0.15, 0.2) is 0 Å². The molecule has 1 amide bonds. The summed E-state index contributed by atoms with van der Waals surface area (Å²) in [6.07, 6.45) is 4.91. The van der Waals surface area contributed by atoms with Gasteiger partial charge in [0, 0.05) is 37.8 Å². The molecule has 0 N–H and O–H groups in total. The second-order valence-corrected chi connectivity index (χ2v) is 6.87. The highest BCUT2D eigenvalue weighted by atomic mass is 79.9. The average molecular weight is 394 g/mol. The molecule has 0 atom stereocenters. The normalized spacial score (nSPS) is 10.9. The topological polar surface area (TPSA) is 47.4 Å². The van der Waals surface area contributed by atoms with Crippen molar-refractivity contribution in [1.29, 1.82) is 0 Å². The molecule has 0 aliphatic heterocycles. The van der Waals surface area contributed by atoms with Gasteiger partial charge in [-0.05, 0) is 48.3 Å². The number of halogens is 1. The molecule has 6 heteroatoms. The molecule has 24 heavy (non-hydrogen) atoms. The molecule has 0 bridgehead atoms. The van der Waals surface area contributed by atoms with Gasteiger partial charge in [0.05, 0.1) is 17.3 Å². The zero-order valence-electron chi connectivity index (χ0n) is 14.4. The number of aromatic nitrogens is 2. The Labute approximate surface area is 151 Å². The highest BCUT2D eigenvalue weighted by Crippen LogP contribution is 2.24. The van der Waals surface area contributed by atoms with Crippen LogP contribution in [0.4, 0.5) is 0 Å². The van der Waals surface area contributed by atoms with Gasteiger partial charge in [-0.2, -0.15) is 5.10 Å². The van der Waals surface area contributed by atoms with Crippen molar-refractivity contribution in [1.82, 2.24) is 14.7 Å². The van der Waals surface area contributed by atoms with Crippen molar-refractivity contribution >= 4 is 21.8 Å². The summed E-state index contributed by atoms with van der Waals surface area (Å²) in [7, 11) is 1.88. The summed E-state index contributed by atoms with van der Waals surface area (Å²) < 4.78 is 8.40. The largest absolute Gasteiger partial charge is 0.492 e. The van der Waals surface area contributed by atoms with Crippen LogP contribution in [0.3, 0.4) is 0 Å². The lowest BCUT2D eigenvalue weighted by Crippen LogP contribution is -2.36. The molecular formula is C18H24BrN3O2. The minimum Gasteiger partial charge on any atom is -0.492 e. The van der Waals surface area contributed by atoms with E-state index in [4.69, 9.17) is 4.74 Å². The molecule has 1 heterocycles. The van der Waals surface area contributed by atoms with Gasteiger partial charge < -0.3 is 9.64 Å². The fourth-order valence-electron chi connectivity index (χ4n) is 2.42. The van der Waals surface area contributed by atoms with Crippen LogP contribution < -0.4 is 4.74 Å². The van der Waals surface area contributed by atoms with E-state index >= 15 is 0 Å². The van der Waals surface area contributed by atoms with E-state index in [1.165, 1.54) is 0 Å². The zero-order chi connectivity index (χ0) is 17.5. The number of carbonyl (C=O) groups excluding carboxylic acids is 1. The van der Waals surface area contributed by atoms with Gasteiger partial charge >= 0.3 is 0 Å². The Morgan fingerprint density at radius 2 is 2.12 bits per heavy atom. The lowest BCUT2D eigenvalue weighted by Gasteiger charge is -2.26. The first-order valence-electron chi connectivity index (χ1n) is 8.11. The van der Waals surface area contributed by atoms with Crippen molar-refractivity contribution in [2.24, 2.45) is 7.05 Å². The maximum atomic E-state index is 12.5. The smallest absolute Gasteiger partial charge is 0.223 e. The number of benzene rings is 1. The average Bonchev–Trinajstić information content (AvgIpc) is 2.95. The van der Waals surface area contributed by atoms with Gasteiger partial charge in [0.2, 0.25) is 5.91 Å². The number of carbonyl (C=O) groups is 1. The Kier molecular flexibility index (Phi) is 6.85. The monoisotopic (exact) mass is 393 g/mol. The van der Waals surface area contributed by atoms with Crippen LogP contribution in [0, 0.1) is 0 Å². The molecule has 0 radical (unpaired) electrons. The third-order valence-electron chi connectivity index (χ3n) is 3.68. The second-order valence-electron chi connectivity index (χ2n) is 6.02. The Morgan fingerprint density at radius 1 is 1.38 bits per heavy atom. The Bertz CT molecular complexity index is 670. The number of aryl methyl sites for hydroxylation is 1.